The number of rotatable bonds is 4. The maximum Gasteiger partial charge on any atom is 0.322 e. The fraction of sp³-hybridized carbons (Fsp3) is 0.200. The van der Waals surface area contributed by atoms with Gasteiger partial charge in [-0.3, -0.25) is 14.9 Å². The highest BCUT2D eigenvalue weighted by Crippen LogP contribution is 2.31. The molecule has 3 aromatic rings. The third-order valence-corrected chi connectivity index (χ3v) is 5.87. The van der Waals surface area contributed by atoms with E-state index in [9.17, 15) is 14.4 Å². The van der Waals surface area contributed by atoms with Crippen molar-refractivity contribution < 1.29 is 18.8 Å². The van der Waals surface area contributed by atoms with Gasteiger partial charge >= 0.3 is 6.03 Å². The summed E-state index contributed by atoms with van der Waals surface area (Å²) in [5.41, 5.74) is 0.474. The summed E-state index contributed by atoms with van der Waals surface area (Å²) in [4.78, 5) is 41.4. The van der Waals surface area contributed by atoms with Gasteiger partial charge in [-0.25, -0.2) is 9.78 Å². The minimum atomic E-state index is -1.19. The van der Waals surface area contributed by atoms with Gasteiger partial charge in [0.2, 0.25) is 0 Å². The van der Waals surface area contributed by atoms with Crippen molar-refractivity contribution in [3.05, 3.63) is 58.3 Å². The molecule has 1 saturated heterocycles. The van der Waals surface area contributed by atoms with Gasteiger partial charge in [0.1, 0.15) is 16.2 Å². The number of nitrogens with zero attached hydrogens (tertiary/aromatic N) is 1. The van der Waals surface area contributed by atoms with Crippen LogP contribution in [0.15, 0.2) is 40.8 Å². The molecule has 0 aliphatic carbocycles. The molecule has 1 unspecified atom stereocenters. The highest BCUT2D eigenvalue weighted by atomic mass is 32.1. The molecule has 9 heteroatoms. The molecular weight excluding hydrogens is 392 g/mol. The molecule has 1 aliphatic rings. The van der Waals surface area contributed by atoms with Crippen molar-refractivity contribution >= 4 is 34.9 Å². The largest absolute Gasteiger partial charge is 0.459 e. The Labute approximate surface area is 170 Å². The Hall–Kier alpha value is -3.46. The van der Waals surface area contributed by atoms with Crippen LogP contribution in [0, 0.1) is 13.8 Å². The highest BCUT2D eigenvalue weighted by Gasteiger charge is 2.43. The zero-order valence-electron chi connectivity index (χ0n) is 16.0. The number of amides is 4. The van der Waals surface area contributed by atoms with Crippen molar-refractivity contribution in [2.75, 3.05) is 5.32 Å². The molecule has 1 fully saturated rings. The predicted octanol–water partition coefficient (Wildman–Crippen LogP) is 3.33. The van der Waals surface area contributed by atoms with Crippen LogP contribution in [0.5, 0.6) is 0 Å². The van der Waals surface area contributed by atoms with Crippen molar-refractivity contribution in [1.29, 1.82) is 0 Å². The summed E-state index contributed by atoms with van der Waals surface area (Å²) >= 11 is 1.24. The first-order chi connectivity index (χ1) is 13.8. The number of carbonyl (C=O) groups excluding carboxylic acids is 3. The lowest BCUT2D eigenvalue weighted by Crippen LogP contribution is -2.40. The number of imide groups is 1. The van der Waals surface area contributed by atoms with E-state index in [0.717, 1.165) is 5.76 Å². The SMILES string of the molecule is Cc1ccc(-c2nc(C)c(C(=O)Nc3cccc(C4(C)NC(=O)NC4=O)c3)s2)o1. The Morgan fingerprint density at radius 3 is 2.66 bits per heavy atom. The fourth-order valence-corrected chi connectivity index (χ4v) is 4.03. The Kier molecular flexibility index (Phi) is 4.46. The maximum absolute atomic E-state index is 12.8. The lowest BCUT2D eigenvalue weighted by atomic mass is 9.92. The van der Waals surface area contributed by atoms with Gasteiger partial charge in [0, 0.05) is 5.69 Å². The van der Waals surface area contributed by atoms with Crippen LogP contribution < -0.4 is 16.0 Å². The zero-order valence-corrected chi connectivity index (χ0v) is 16.8. The number of aromatic nitrogens is 1. The van der Waals surface area contributed by atoms with E-state index in [0.29, 0.717) is 32.6 Å². The molecule has 1 atom stereocenters. The number of hydrogen-bond acceptors (Lipinski definition) is 6. The Bertz CT molecular complexity index is 1150. The van der Waals surface area contributed by atoms with Crippen molar-refractivity contribution in [3.8, 4) is 10.8 Å². The third kappa shape index (κ3) is 3.40. The number of aryl methyl sites for hydroxylation is 2. The smallest absolute Gasteiger partial charge is 0.322 e. The minimum Gasteiger partial charge on any atom is -0.459 e. The van der Waals surface area contributed by atoms with Crippen molar-refractivity contribution in [3.63, 3.8) is 0 Å². The van der Waals surface area contributed by atoms with Gasteiger partial charge in [0.15, 0.2) is 10.8 Å². The van der Waals surface area contributed by atoms with Crippen molar-refractivity contribution in [1.82, 2.24) is 15.6 Å². The summed E-state index contributed by atoms with van der Waals surface area (Å²) in [6.45, 7) is 5.22. The molecule has 3 heterocycles. The van der Waals surface area contributed by atoms with E-state index in [1.807, 2.05) is 19.1 Å². The van der Waals surface area contributed by atoms with E-state index >= 15 is 0 Å². The van der Waals surface area contributed by atoms with Crippen LogP contribution in [0.1, 0.15) is 33.6 Å². The highest BCUT2D eigenvalue weighted by molar-refractivity contribution is 7.17. The third-order valence-electron chi connectivity index (χ3n) is 4.70. The molecule has 1 aliphatic heterocycles. The van der Waals surface area contributed by atoms with Gasteiger partial charge in [0.05, 0.1) is 5.69 Å². The van der Waals surface area contributed by atoms with E-state index < -0.39 is 17.5 Å². The average Bonchev–Trinajstić information content (AvgIpc) is 3.33. The standard InChI is InChI=1S/C20H18N4O4S/c1-10-7-8-14(28-10)17-21-11(2)15(29-17)16(25)22-13-6-4-5-12(9-13)20(3)18(26)23-19(27)24-20/h4-9H,1-3H3,(H,22,25)(H2,23,24,26,27). The van der Waals surface area contributed by atoms with Gasteiger partial charge in [0.25, 0.3) is 11.8 Å². The number of thiazole rings is 1. The first-order valence-corrected chi connectivity index (χ1v) is 9.67. The molecule has 4 rings (SSSR count). The second-order valence-electron chi connectivity index (χ2n) is 6.91. The van der Waals surface area contributed by atoms with Crippen LogP contribution in [-0.4, -0.2) is 22.8 Å². The Morgan fingerprint density at radius 2 is 2.00 bits per heavy atom. The van der Waals surface area contributed by atoms with Crippen LogP contribution in [-0.2, 0) is 10.3 Å². The first kappa shape index (κ1) is 18.9. The van der Waals surface area contributed by atoms with Gasteiger partial charge in [-0.2, -0.15) is 0 Å². The second-order valence-corrected chi connectivity index (χ2v) is 7.91. The molecule has 0 bridgehead atoms. The van der Waals surface area contributed by atoms with Crippen LogP contribution in [0.2, 0.25) is 0 Å². The summed E-state index contributed by atoms with van der Waals surface area (Å²) in [6.07, 6.45) is 0. The van der Waals surface area contributed by atoms with Gasteiger partial charge in [-0.1, -0.05) is 12.1 Å². The zero-order chi connectivity index (χ0) is 20.8. The van der Waals surface area contributed by atoms with E-state index in [1.54, 1.807) is 38.1 Å². The first-order valence-electron chi connectivity index (χ1n) is 8.86. The van der Waals surface area contributed by atoms with E-state index in [4.69, 9.17) is 4.42 Å². The molecule has 148 valence electrons. The molecule has 8 nitrogen and oxygen atoms in total. The number of benzene rings is 1. The summed E-state index contributed by atoms with van der Waals surface area (Å²) in [5, 5.41) is 8.30. The second kappa shape index (κ2) is 6.85. The number of urea groups is 1. The monoisotopic (exact) mass is 410 g/mol. The van der Waals surface area contributed by atoms with E-state index in [2.05, 4.69) is 20.9 Å². The molecule has 0 saturated carbocycles. The van der Waals surface area contributed by atoms with E-state index in [-0.39, 0.29) is 5.91 Å². The molecule has 29 heavy (non-hydrogen) atoms. The normalized spacial score (nSPS) is 18.4. The fourth-order valence-electron chi connectivity index (χ4n) is 3.10. The van der Waals surface area contributed by atoms with Gasteiger partial charge < -0.3 is 15.1 Å². The molecule has 3 N–H and O–H groups in total. The van der Waals surface area contributed by atoms with Crippen LogP contribution >= 0.6 is 11.3 Å². The van der Waals surface area contributed by atoms with Crippen LogP contribution in [0.4, 0.5) is 10.5 Å². The number of carbonyl (C=O) groups is 3. The summed E-state index contributed by atoms with van der Waals surface area (Å²) in [7, 11) is 0. The van der Waals surface area contributed by atoms with Crippen molar-refractivity contribution in [2.45, 2.75) is 26.3 Å². The molecule has 2 aromatic heterocycles. The predicted molar refractivity (Wildman–Crippen MR) is 108 cm³/mol. The lowest BCUT2D eigenvalue weighted by Gasteiger charge is -2.21. The average molecular weight is 410 g/mol. The van der Waals surface area contributed by atoms with Gasteiger partial charge in [-0.05, 0) is 50.6 Å². The van der Waals surface area contributed by atoms with Crippen molar-refractivity contribution in [2.24, 2.45) is 0 Å². The summed E-state index contributed by atoms with van der Waals surface area (Å²) in [6, 6.07) is 9.92. The topological polar surface area (TPSA) is 113 Å². The number of anilines is 1. The molecule has 4 amide bonds. The summed E-state index contributed by atoms with van der Waals surface area (Å²) in [5.74, 6) is 0.638. The maximum atomic E-state index is 12.8. The molecule has 1 aromatic carbocycles. The number of furan rings is 1. The lowest BCUT2D eigenvalue weighted by molar-refractivity contribution is -0.123. The van der Waals surface area contributed by atoms with E-state index in [1.165, 1.54) is 11.3 Å². The minimum absolute atomic E-state index is 0.309. The van der Waals surface area contributed by atoms with Crippen LogP contribution in [0.3, 0.4) is 0 Å². The Morgan fingerprint density at radius 1 is 1.21 bits per heavy atom. The quantitative estimate of drug-likeness (QED) is 0.571. The Balaban J connectivity index is 1.57. The van der Waals surface area contributed by atoms with Crippen LogP contribution in [0.25, 0.3) is 10.8 Å². The number of nitrogens with one attached hydrogen (secondary N) is 3. The molecule has 0 radical (unpaired) electrons. The summed E-state index contributed by atoms with van der Waals surface area (Å²) < 4.78 is 5.58. The molecule has 0 spiro atoms. The van der Waals surface area contributed by atoms with Gasteiger partial charge in [-0.15, -0.1) is 11.3 Å². The molecular formula is C20H18N4O4S. The number of hydrogen-bond donors (Lipinski definition) is 3.